The number of rotatable bonds is 4. The van der Waals surface area contributed by atoms with Crippen LogP contribution in [0.15, 0.2) is 66.9 Å². The van der Waals surface area contributed by atoms with E-state index < -0.39 is 0 Å². The fourth-order valence-corrected chi connectivity index (χ4v) is 3.19. The molecule has 3 rings (SSSR count). The third kappa shape index (κ3) is 4.17. The van der Waals surface area contributed by atoms with Gasteiger partial charge in [-0.25, -0.2) is 0 Å². The van der Waals surface area contributed by atoms with E-state index in [1.54, 1.807) is 0 Å². The molecule has 3 nitrogen and oxygen atoms in total. The van der Waals surface area contributed by atoms with Crippen molar-refractivity contribution in [3.8, 4) is 0 Å². The van der Waals surface area contributed by atoms with Gasteiger partial charge in [-0.1, -0.05) is 42.5 Å². The summed E-state index contributed by atoms with van der Waals surface area (Å²) in [7, 11) is 4.11. The number of benzene rings is 2. The van der Waals surface area contributed by atoms with E-state index in [0.29, 0.717) is 6.61 Å². The topological polar surface area (TPSA) is 15.7 Å². The van der Waals surface area contributed by atoms with Crippen LogP contribution in [0, 0.1) is 0 Å². The van der Waals surface area contributed by atoms with Gasteiger partial charge in [0.25, 0.3) is 0 Å². The zero-order valence-corrected chi connectivity index (χ0v) is 16.1. The molecule has 0 fully saturated rings. The molecule has 0 aromatic heterocycles. The summed E-state index contributed by atoms with van der Waals surface area (Å²) >= 11 is 0. The first-order valence-electron chi connectivity index (χ1n) is 9.10. The van der Waals surface area contributed by atoms with Crippen molar-refractivity contribution in [2.24, 2.45) is 0 Å². The molecule has 1 aliphatic rings. The van der Waals surface area contributed by atoms with Crippen LogP contribution in [0.5, 0.6) is 0 Å². The summed E-state index contributed by atoms with van der Waals surface area (Å²) in [6.07, 6.45) is 8.44. The second-order valence-electron chi connectivity index (χ2n) is 7.26. The maximum atomic E-state index is 6.06. The Morgan fingerprint density at radius 2 is 1.73 bits per heavy atom. The molecule has 26 heavy (non-hydrogen) atoms. The largest absolute Gasteiger partial charge is 0.378 e. The quantitative estimate of drug-likeness (QED) is 0.719. The maximum absolute atomic E-state index is 6.06. The molecule has 2 aromatic rings. The average Bonchev–Trinajstić information content (AvgIpc) is 2.76. The third-order valence-corrected chi connectivity index (χ3v) is 4.73. The smallest absolute Gasteiger partial charge is 0.0896 e. The van der Waals surface area contributed by atoms with Gasteiger partial charge in [0, 0.05) is 43.8 Å². The highest BCUT2D eigenvalue weighted by Gasteiger charge is 2.28. The Bertz CT molecular complexity index is 788. The number of ether oxygens (including phenoxy) is 1. The molecule has 0 spiro atoms. The monoisotopic (exact) mass is 348 g/mol. The van der Waals surface area contributed by atoms with Gasteiger partial charge in [0.05, 0.1) is 12.2 Å². The lowest BCUT2D eigenvalue weighted by atomic mass is 9.96. The summed E-state index contributed by atoms with van der Waals surface area (Å²) in [5, 5.41) is 0. The van der Waals surface area contributed by atoms with Crippen LogP contribution in [0.4, 0.5) is 11.4 Å². The Morgan fingerprint density at radius 3 is 2.46 bits per heavy atom. The molecule has 0 bridgehead atoms. The molecular weight excluding hydrogens is 320 g/mol. The molecule has 1 heterocycles. The molecule has 0 saturated heterocycles. The van der Waals surface area contributed by atoms with E-state index in [1.165, 1.54) is 22.5 Å². The Morgan fingerprint density at radius 1 is 1.00 bits per heavy atom. The van der Waals surface area contributed by atoms with E-state index in [1.807, 2.05) is 0 Å². The number of hydrogen-bond acceptors (Lipinski definition) is 3. The van der Waals surface area contributed by atoms with Gasteiger partial charge in [0.15, 0.2) is 0 Å². The molecule has 2 aromatic carbocycles. The maximum Gasteiger partial charge on any atom is 0.0896 e. The van der Waals surface area contributed by atoms with Crippen molar-refractivity contribution in [1.82, 2.24) is 0 Å². The Balaban J connectivity index is 1.73. The predicted molar refractivity (Wildman–Crippen MR) is 112 cm³/mol. The van der Waals surface area contributed by atoms with E-state index in [-0.39, 0.29) is 5.60 Å². The Hall–Kier alpha value is -2.52. The molecule has 0 amide bonds. The summed E-state index contributed by atoms with van der Waals surface area (Å²) in [6.45, 7) is 5.83. The lowest BCUT2D eigenvalue weighted by Gasteiger charge is -2.26. The minimum Gasteiger partial charge on any atom is -0.378 e. The predicted octanol–water partition coefficient (Wildman–Crippen LogP) is 5.05. The Kier molecular flexibility index (Phi) is 5.48. The van der Waals surface area contributed by atoms with Gasteiger partial charge in [-0.3, -0.25) is 0 Å². The highest BCUT2D eigenvalue weighted by molar-refractivity contribution is 5.60. The number of fused-ring (bicyclic) bond motifs is 1. The lowest BCUT2D eigenvalue weighted by molar-refractivity contribution is -0.0128. The van der Waals surface area contributed by atoms with Crippen LogP contribution in [0.3, 0.4) is 0 Å². The minimum atomic E-state index is -0.261. The van der Waals surface area contributed by atoms with Crippen LogP contribution in [-0.4, -0.2) is 27.2 Å². The summed E-state index contributed by atoms with van der Waals surface area (Å²) in [4.78, 5) is 4.37. The molecule has 0 N–H and O–H groups in total. The molecule has 0 unspecified atom stereocenters. The molecule has 136 valence electrons. The standard InChI is InChI=1S/C23H28N2O/c1-23(2)21-10-5-6-11-22(21)25(17-18-26-23)16-8-7-9-19-12-14-20(15-13-19)24(3)4/h5-16H,17-18H2,1-4H3. The van der Waals surface area contributed by atoms with Crippen molar-refractivity contribution in [2.45, 2.75) is 19.4 Å². The summed E-state index contributed by atoms with van der Waals surface area (Å²) in [5.41, 5.74) is 4.59. The van der Waals surface area contributed by atoms with Crippen LogP contribution >= 0.6 is 0 Å². The van der Waals surface area contributed by atoms with E-state index in [2.05, 4.69) is 111 Å². The van der Waals surface area contributed by atoms with Crippen LogP contribution in [0.25, 0.3) is 6.08 Å². The number of nitrogens with zero attached hydrogens (tertiary/aromatic N) is 2. The van der Waals surface area contributed by atoms with Gasteiger partial charge in [-0.15, -0.1) is 0 Å². The number of allylic oxidation sites excluding steroid dienone is 2. The van der Waals surface area contributed by atoms with Gasteiger partial charge in [-0.2, -0.15) is 0 Å². The van der Waals surface area contributed by atoms with Crippen LogP contribution in [0.2, 0.25) is 0 Å². The van der Waals surface area contributed by atoms with Crippen LogP contribution in [0.1, 0.15) is 25.0 Å². The first-order valence-corrected chi connectivity index (χ1v) is 9.10. The number of hydrogen-bond donors (Lipinski definition) is 0. The fourth-order valence-electron chi connectivity index (χ4n) is 3.19. The SMILES string of the molecule is CN(C)c1ccc(C=CC=CN2CCOC(C)(C)c3ccccc32)cc1. The molecular formula is C23H28N2O. The van der Waals surface area contributed by atoms with E-state index in [9.17, 15) is 0 Å². The molecule has 0 saturated carbocycles. The molecule has 0 atom stereocenters. The molecule has 0 aliphatic carbocycles. The van der Waals surface area contributed by atoms with Crippen molar-refractivity contribution in [2.75, 3.05) is 37.0 Å². The summed E-state index contributed by atoms with van der Waals surface area (Å²) in [6, 6.07) is 17.0. The first kappa shape index (κ1) is 18.3. The van der Waals surface area contributed by atoms with Crippen molar-refractivity contribution >= 4 is 17.5 Å². The second kappa shape index (κ2) is 7.79. The van der Waals surface area contributed by atoms with Crippen LogP contribution in [-0.2, 0) is 10.3 Å². The number of para-hydroxylation sites is 1. The Labute approximate surface area is 157 Å². The van der Waals surface area contributed by atoms with Gasteiger partial charge in [0.1, 0.15) is 0 Å². The van der Waals surface area contributed by atoms with Crippen LogP contribution < -0.4 is 9.80 Å². The number of anilines is 2. The van der Waals surface area contributed by atoms with E-state index in [0.717, 1.165) is 6.54 Å². The zero-order chi connectivity index (χ0) is 18.6. The zero-order valence-electron chi connectivity index (χ0n) is 16.1. The minimum absolute atomic E-state index is 0.261. The van der Waals surface area contributed by atoms with Crippen molar-refractivity contribution in [3.05, 3.63) is 78.0 Å². The normalized spacial score (nSPS) is 16.7. The van der Waals surface area contributed by atoms with Crippen molar-refractivity contribution in [3.63, 3.8) is 0 Å². The van der Waals surface area contributed by atoms with Crippen molar-refractivity contribution in [1.29, 1.82) is 0 Å². The average molecular weight is 348 g/mol. The fraction of sp³-hybridized carbons (Fsp3) is 0.304. The van der Waals surface area contributed by atoms with Gasteiger partial charge in [0.2, 0.25) is 0 Å². The molecule has 1 aliphatic heterocycles. The highest BCUT2D eigenvalue weighted by atomic mass is 16.5. The van der Waals surface area contributed by atoms with Gasteiger partial charge >= 0.3 is 0 Å². The van der Waals surface area contributed by atoms with E-state index in [4.69, 9.17) is 4.74 Å². The van der Waals surface area contributed by atoms with E-state index >= 15 is 0 Å². The summed E-state index contributed by atoms with van der Waals surface area (Å²) < 4.78 is 6.06. The lowest BCUT2D eigenvalue weighted by Crippen LogP contribution is -2.21. The highest BCUT2D eigenvalue weighted by Crippen LogP contribution is 2.35. The summed E-state index contributed by atoms with van der Waals surface area (Å²) in [5.74, 6) is 0. The van der Waals surface area contributed by atoms with Crippen molar-refractivity contribution < 1.29 is 4.74 Å². The second-order valence-corrected chi connectivity index (χ2v) is 7.26. The van der Waals surface area contributed by atoms with Gasteiger partial charge < -0.3 is 14.5 Å². The third-order valence-electron chi connectivity index (χ3n) is 4.73. The molecule has 3 heteroatoms. The molecule has 0 radical (unpaired) electrons. The van der Waals surface area contributed by atoms with Gasteiger partial charge in [-0.05, 0) is 43.7 Å². The first-order chi connectivity index (χ1) is 12.5.